The third-order valence-electron chi connectivity index (χ3n) is 4.31. The van der Waals surface area contributed by atoms with Crippen LogP contribution in [0, 0.1) is 5.92 Å². The molecule has 2 N–H and O–H groups in total. The Morgan fingerprint density at radius 1 is 1.44 bits per heavy atom. The number of rotatable bonds is 11. The van der Waals surface area contributed by atoms with Crippen molar-refractivity contribution in [3.05, 3.63) is 18.0 Å². The fourth-order valence-corrected chi connectivity index (χ4v) is 2.61. The summed E-state index contributed by atoms with van der Waals surface area (Å²) >= 11 is 0. The normalized spacial score (nSPS) is 16.3. The molecule has 0 aliphatic heterocycles. The number of nitrogens with one attached hydrogen (secondary N) is 2. The SMILES string of the molecule is CCNC(=NCC(c1cnn(C)c1)N(C)C)NCCCOCC1CC1. The smallest absolute Gasteiger partial charge is 0.191 e. The Morgan fingerprint density at radius 3 is 2.84 bits per heavy atom. The highest BCUT2D eigenvalue weighted by Gasteiger charge is 2.20. The van der Waals surface area contributed by atoms with E-state index in [9.17, 15) is 0 Å². The van der Waals surface area contributed by atoms with E-state index in [0.717, 1.165) is 44.6 Å². The summed E-state index contributed by atoms with van der Waals surface area (Å²) < 4.78 is 7.51. The first-order chi connectivity index (χ1) is 12.1. The lowest BCUT2D eigenvalue weighted by Crippen LogP contribution is -2.38. The van der Waals surface area contributed by atoms with Crippen molar-refractivity contribution in [2.75, 3.05) is 46.9 Å². The van der Waals surface area contributed by atoms with Crippen LogP contribution < -0.4 is 10.6 Å². The monoisotopic (exact) mass is 350 g/mol. The quantitative estimate of drug-likeness (QED) is 0.359. The van der Waals surface area contributed by atoms with E-state index in [1.165, 1.54) is 18.4 Å². The highest BCUT2D eigenvalue weighted by molar-refractivity contribution is 5.79. The largest absolute Gasteiger partial charge is 0.381 e. The number of likely N-dealkylation sites (N-methyl/N-ethyl adjacent to an activating group) is 1. The number of guanidine groups is 1. The minimum absolute atomic E-state index is 0.214. The number of nitrogens with zero attached hydrogens (tertiary/aromatic N) is 4. The lowest BCUT2D eigenvalue weighted by atomic mass is 10.1. The molecule has 1 fully saturated rings. The zero-order chi connectivity index (χ0) is 18.1. The number of hydrogen-bond acceptors (Lipinski definition) is 4. The molecule has 0 aromatic carbocycles. The van der Waals surface area contributed by atoms with Gasteiger partial charge < -0.3 is 20.3 Å². The van der Waals surface area contributed by atoms with Crippen molar-refractivity contribution < 1.29 is 4.74 Å². The summed E-state index contributed by atoms with van der Waals surface area (Å²) in [6.07, 6.45) is 7.66. The molecule has 0 radical (unpaired) electrons. The molecule has 1 aromatic rings. The Balaban J connectivity index is 1.77. The Hall–Kier alpha value is -1.60. The summed E-state index contributed by atoms with van der Waals surface area (Å²) in [5.41, 5.74) is 1.18. The highest BCUT2D eigenvalue weighted by atomic mass is 16.5. The van der Waals surface area contributed by atoms with Gasteiger partial charge >= 0.3 is 0 Å². The van der Waals surface area contributed by atoms with E-state index in [-0.39, 0.29) is 6.04 Å². The second-order valence-corrected chi connectivity index (χ2v) is 6.94. The molecule has 0 bridgehead atoms. The van der Waals surface area contributed by atoms with Gasteiger partial charge in [-0.1, -0.05) is 0 Å². The molecule has 1 aromatic heterocycles. The number of hydrogen-bond donors (Lipinski definition) is 2. The second kappa shape index (κ2) is 10.4. The standard InChI is InChI=1S/C18H34N6O/c1-5-19-18(20-9-6-10-25-14-15-7-8-15)21-12-17(23(2)3)16-11-22-24(4)13-16/h11,13,15,17H,5-10,12,14H2,1-4H3,(H2,19,20,21). The van der Waals surface area contributed by atoms with Crippen LogP contribution in [0.15, 0.2) is 17.4 Å². The van der Waals surface area contributed by atoms with E-state index in [4.69, 9.17) is 9.73 Å². The molecule has 1 atom stereocenters. The van der Waals surface area contributed by atoms with Crippen LogP contribution in [0.1, 0.15) is 37.8 Å². The van der Waals surface area contributed by atoms with Crippen molar-refractivity contribution in [3.8, 4) is 0 Å². The average molecular weight is 351 g/mol. The maximum absolute atomic E-state index is 5.67. The molecule has 1 aliphatic carbocycles. The Labute approximate surface area is 151 Å². The van der Waals surface area contributed by atoms with Crippen LogP contribution in [-0.4, -0.2) is 67.6 Å². The fraction of sp³-hybridized carbons (Fsp3) is 0.778. The zero-order valence-electron chi connectivity index (χ0n) is 16.2. The predicted molar refractivity (Wildman–Crippen MR) is 102 cm³/mol. The summed E-state index contributed by atoms with van der Waals surface area (Å²) in [6.45, 7) is 6.24. The van der Waals surface area contributed by atoms with Gasteiger partial charge in [-0.2, -0.15) is 5.10 Å². The van der Waals surface area contributed by atoms with Crippen LogP contribution in [0.4, 0.5) is 0 Å². The molecular weight excluding hydrogens is 316 g/mol. The van der Waals surface area contributed by atoms with Crippen LogP contribution in [0.5, 0.6) is 0 Å². The predicted octanol–water partition coefficient (Wildman–Crippen LogP) is 1.39. The van der Waals surface area contributed by atoms with Gasteiger partial charge in [0.25, 0.3) is 0 Å². The summed E-state index contributed by atoms with van der Waals surface area (Å²) in [5.74, 6) is 1.70. The molecule has 2 rings (SSSR count). The molecule has 7 heteroatoms. The van der Waals surface area contributed by atoms with Crippen molar-refractivity contribution >= 4 is 5.96 Å². The van der Waals surface area contributed by atoms with Crippen molar-refractivity contribution in [3.63, 3.8) is 0 Å². The van der Waals surface area contributed by atoms with Crippen LogP contribution in [0.3, 0.4) is 0 Å². The van der Waals surface area contributed by atoms with Gasteiger partial charge in [0.2, 0.25) is 0 Å². The van der Waals surface area contributed by atoms with Crippen LogP contribution in [0.25, 0.3) is 0 Å². The minimum Gasteiger partial charge on any atom is -0.381 e. The number of ether oxygens (including phenoxy) is 1. The van der Waals surface area contributed by atoms with Crippen molar-refractivity contribution in [2.45, 2.75) is 32.2 Å². The summed E-state index contributed by atoms with van der Waals surface area (Å²) in [7, 11) is 6.09. The average Bonchev–Trinajstić information content (AvgIpc) is 3.30. The first-order valence-electron chi connectivity index (χ1n) is 9.35. The van der Waals surface area contributed by atoms with E-state index in [0.29, 0.717) is 6.54 Å². The minimum atomic E-state index is 0.214. The Bertz CT molecular complexity index is 523. The van der Waals surface area contributed by atoms with Gasteiger partial charge in [0, 0.05) is 45.1 Å². The van der Waals surface area contributed by atoms with E-state index in [1.807, 2.05) is 17.9 Å². The van der Waals surface area contributed by atoms with Gasteiger partial charge in [-0.3, -0.25) is 9.67 Å². The van der Waals surface area contributed by atoms with Gasteiger partial charge in [-0.25, -0.2) is 0 Å². The molecule has 0 saturated heterocycles. The maximum atomic E-state index is 5.67. The summed E-state index contributed by atoms with van der Waals surface area (Å²) in [4.78, 5) is 6.93. The van der Waals surface area contributed by atoms with Crippen molar-refractivity contribution in [1.82, 2.24) is 25.3 Å². The van der Waals surface area contributed by atoms with E-state index >= 15 is 0 Å². The molecule has 0 spiro atoms. The third-order valence-corrected chi connectivity index (χ3v) is 4.31. The van der Waals surface area contributed by atoms with Crippen LogP contribution in [-0.2, 0) is 11.8 Å². The van der Waals surface area contributed by atoms with Gasteiger partial charge in [-0.05, 0) is 46.2 Å². The van der Waals surface area contributed by atoms with E-state index in [2.05, 4.69) is 47.8 Å². The zero-order valence-corrected chi connectivity index (χ0v) is 16.2. The van der Waals surface area contributed by atoms with Crippen molar-refractivity contribution in [2.24, 2.45) is 18.0 Å². The lowest BCUT2D eigenvalue weighted by molar-refractivity contribution is 0.123. The molecule has 7 nitrogen and oxygen atoms in total. The van der Waals surface area contributed by atoms with Crippen molar-refractivity contribution in [1.29, 1.82) is 0 Å². The van der Waals surface area contributed by atoms with E-state index < -0.39 is 0 Å². The topological polar surface area (TPSA) is 66.7 Å². The molecule has 1 saturated carbocycles. The fourth-order valence-electron chi connectivity index (χ4n) is 2.61. The van der Waals surface area contributed by atoms with Gasteiger partial charge in [0.15, 0.2) is 5.96 Å². The van der Waals surface area contributed by atoms with Gasteiger partial charge in [0.05, 0.1) is 18.8 Å². The summed E-state index contributed by atoms with van der Waals surface area (Å²) in [6, 6.07) is 0.214. The van der Waals surface area contributed by atoms with E-state index in [1.54, 1.807) is 0 Å². The maximum Gasteiger partial charge on any atom is 0.191 e. The molecule has 142 valence electrons. The van der Waals surface area contributed by atoms with Gasteiger partial charge in [-0.15, -0.1) is 0 Å². The Morgan fingerprint density at radius 2 is 2.24 bits per heavy atom. The Kier molecular flexibility index (Phi) is 8.21. The third kappa shape index (κ3) is 7.44. The summed E-state index contributed by atoms with van der Waals surface area (Å²) in [5, 5.41) is 11.0. The molecule has 0 amide bonds. The lowest BCUT2D eigenvalue weighted by Gasteiger charge is -2.22. The first kappa shape index (κ1) is 19.7. The van der Waals surface area contributed by atoms with Gasteiger partial charge in [0.1, 0.15) is 0 Å². The van der Waals surface area contributed by atoms with Crippen LogP contribution in [0.2, 0.25) is 0 Å². The molecule has 1 heterocycles. The molecule has 25 heavy (non-hydrogen) atoms. The number of aromatic nitrogens is 2. The van der Waals surface area contributed by atoms with Crippen LogP contribution >= 0.6 is 0 Å². The highest BCUT2D eigenvalue weighted by Crippen LogP contribution is 2.28. The first-order valence-corrected chi connectivity index (χ1v) is 9.35. The molecule has 1 unspecified atom stereocenters. The molecular formula is C18H34N6O. The molecule has 1 aliphatic rings. The number of aryl methyl sites for hydroxylation is 1. The number of aliphatic imine (C=N–C) groups is 1. The second-order valence-electron chi connectivity index (χ2n) is 6.94.